The molecule has 2 aromatic heterocycles. The molecule has 2 rings (SSSR count). The number of rotatable bonds is 4. The van der Waals surface area contributed by atoms with Gasteiger partial charge in [-0.3, -0.25) is 0 Å². The van der Waals surface area contributed by atoms with Gasteiger partial charge < -0.3 is 9.88 Å². The highest BCUT2D eigenvalue weighted by Crippen LogP contribution is 2.09. The molecule has 0 amide bonds. The van der Waals surface area contributed by atoms with Gasteiger partial charge in [0.1, 0.15) is 11.6 Å². The number of pyridine rings is 1. The molecule has 0 saturated carbocycles. The molecule has 0 aliphatic carbocycles. The predicted octanol–water partition coefficient (Wildman–Crippen LogP) is 1.65. The maximum Gasteiger partial charge on any atom is 0.127 e. The molecule has 0 fully saturated rings. The molecule has 0 aromatic carbocycles. The fraction of sp³-hybridized carbons (Fsp3) is 0.308. The predicted molar refractivity (Wildman–Crippen MR) is 69.1 cm³/mol. The number of aromatic nitrogens is 3. The summed E-state index contributed by atoms with van der Waals surface area (Å²) in [7, 11) is 1.97. The maximum absolute atomic E-state index is 8.88. The molecule has 0 aliphatic heterocycles. The van der Waals surface area contributed by atoms with E-state index < -0.39 is 0 Å². The number of imidazole rings is 1. The van der Waals surface area contributed by atoms with Gasteiger partial charge in [-0.25, -0.2) is 9.97 Å². The Kier molecular flexibility index (Phi) is 3.58. The summed E-state index contributed by atoms with van der Waals surface area (Å²) >= 11 is 0. The highest BCUT2D eigenvalue weighted by atomic mass is 15.0. The summed E-state index contributed by atoms with van der Waals surface area (Å²) in [5.74, 6) is 1.76. The lowest BCUT2D eigenvalue weighted by molar-refractivity contribution is 0.788. The average Bonchev–Trinajstić information content (AvgIpc) is 2.74. The van der Waals surface area contributed by atoms with Crippen LogP contribution < -0.4 is 5.32 Å². The number of aryl methyl sites for hydroxylation is 2. The molecule has 18 heavy (non-hydrogen) atoms. The first kappa shape index (κ1) is 12.1. The van der Waals surface area contributed by atoms with Gasteiger partial charge in [-0.2, -0.15) is 5.26 Å². The second-order valence-electron chi connectivity index (χ2n) is 4.13. The molecule has 5 heteroatoms. The number of hydrogen-bond donors (Lipinski definition) is 1. The molecule has 0 unspecified atom stereocenters. The fourth-order valence-electron chi connectivity index (χ4n) is 1.76. The van der Waals surface area contributed by atoms with Crippen molar-refractivity contribution >= 4 is 5.82 Å². The lowest BCUT2D eigenvalue weighted by atomic mass is 10.2. The van der Waals surface area contributed by atoms with Crippen LogP contribution in [0.15, 0.2) is 24.5 Å². The standard InChI is InChI=1S/C13H15N5/c1-10-7-11(9-14)8-12(17-10)15-4-3-13-16-5-6-18(13)2/h5-8H,3-4H2,1-2H3,(H,15,17). The van der Waals surface area contributed by atoms with E-state index in [0.717, 1.165) is 30.3 Å². The molecule has 5 nitrogen and oxygen atoms in total. The highest BCUT2D eigenvalue weighted by molar-refractivity contribution is 5.44. The van der Waals surface area contributed by atoms with E-state index in [1.54, 1.807) is 18.3 Å². The second-order valence-corrected chi connectivity index (χ2v) is 4.13. The molecule has 2 heterocycles. The minimum Gasteiger partial charge on any atom is -0.370 e. The van der Waals surface area contributed by atoms with E-state index in [1.807, 2.05) is 24.7 Å². The van der Waals surface area contributed by atoms with Crippen LogP contribution in [0, 0.1) is 18.3 Å². The Bertz CT molecular complexity index is 579. The van der Waals surface area contributed by atoms with Crippen LogP contribution in [-0.2, 0) is 13.5 Å². The minimum absolute atomic E-state index is 0.627. The van der Waals surface area contributed by atoms with Crippen LogP contribution in [0.1, 0.15) is 17.1 Å². The zero-order valence-electron chi connectivity index (χ0n) is 10.5. The van der Waals surface area contributed by atoms with Gasteiger partial charge in [0.2, 0.25) is 0 Å². The SMILES string of the molecule is Cc1cc(C#N)cc(NCCc2nccn2C)n1. The molecule has 0 bridgehead atoms. The largest absolute Gasteiger partial charge is 0.370 e. The Morgan fingerprint density at radius 2 is 2.28 bits per heavy atom. The van der Waals surface area contributed by atoms with E-state index in [4.69, 9.17) is 5.26 Å². The van der Waals surface area contributed by atoms with Gasteiger partial charge in [-0.1, -0.05) is 0 Å². The Morgan fingerprint density at radius 1 is 1.44 bits per heavy atom. The van der Waals surface area contributed by atoms with E-state index in [0.29, 0.717) is 5.56 Å². The Morgan fingerprint density at radius 3 is 2.94 bits per heavy atom. The van der Waals surface area contributed by atoms with Gasteiger partial charge in [0.25, 0.3) is 0 Å². The van der Waals surface area contributed by atoms with Gasteiger partial charge in [0.05, 0.1) is 11.6 Å². The van der Waals surface area contributed by atoms with E-state index in [1.165, 1.54) is 0 Å². The highest BCUT2D eigenvalue weighted by Gasteiger charge is 2.01. The van der Waals surface area contributed by atoms with Crippen molar-refractivity contribution < 1.29 is 0 Å². The summed E-state index contributed by atoms with van der Waals surface area (Å²) in [6.45, 7) is 2.62. The molecule has 0 atom stereocenters. The number of nitrogens with one attached hydrogen (secondary N) is 1. The monoisotopic (exact) mass is 241 g/mol. The maximum atomic E-state index is 8.88. The normalized spacial score (nSPS) is 10.1. The summed E-state index contributed by atoms with van der Waals surface area (Å²) < 4.78 is 1.99. The van der Waals surface area contributed by atoms with Crippen LogP contribution in [0.2, 0.25) is 0 Å². The minimum atomic E-state index is 0.627. The quantitative estimate of drug-likeness (QED) is 0.883. The van der Waals surface area contributed by atoms with Gasteiger partial charge in [0.15, 0.2) is 0 Å². The first-order valence-corrected chi connectivity index (χ1v) is 5.78. The Labute approximate surface area is 106 Å². The topological polar surface area (TPSA) is 66.5 Å². The van der Waals surface area contributed by atoms with E-state index in [2.05, 4.69) is 21.4 Å². The van der Waals surface area contributed by atoms with Crippen LogP contribution in [0.4, 0.5) is 5.82 Å². The molecule has 0 aliphatic rings. The van der Waals surface area contributed by atoms with Crippen molar-refractivity contribution in [2.75, 3.05) is 11.9 Å². The van der Waals surface area contributed by atoms with Gasteiger partial charge in [0, 0.05) is 38.1 Å². The van der Waals surface area contributed by atoms with Crippen molar-refractivity contribution in [3.8, 4) is 6.07 Å². The number of nitrogens with zero attached hydrogens (tertiary/aromatic N) is 4. The van der Waals surface area contributed by atoms with E-state index >= 15 is 0 Å². The zero-order valence-corrected chi connectivity index (χ0v) is 10.5. The summed E-state index contributed by atoms with van der Waals surface area (Å²) in [6, 6.07) is 5.65. The van der Waals surface area contributed by atoms with E-state index in [9.17, 15) is 0 Å². The molecule has 0 saturated heterocycles. The van der Waals surface area contributed by atoms with Crippen LogP contribution in [0.5, 0.6) is 0 Å². The summed E-state index contributed by atoms with van der Waals surface area (Å²) in [5, 5.41) is 12.1. The molecular weight excluding hydrogens is 226 g/mol. The van der Waals surface area contributed by atoms with Crippen molar-refractivity contribution in [1.82, 2.24) is 14.5 Å². The summed E-state index contributed by atoms with van der Waals surface area (Å²) in [6.07, 6.45) is 4.53. The third-order valence-corrected chi connectivity index (χ3v) is 2.66. The zero-order chi connectivity index (χ0) is 13.0. The fourth-order valence-corrected chi connectivity index (χ4v) is 1.76. The lowest BCUT2D eigenvalue weighted by Gasteiger charge is -2.07. The van der Waals surface area contributed by atoms with Gasteiger partial charge >= 0.3 is 0 Å². The first-order valence-electron chi connectivity index (χ1n) is 5.78. The van der Waals surface area contributed by atoms with Crippen molar-refractivity contribution in [3.63, 3.8) is 0 Å². The average molecular weight is 241 g/mol. The molecule has 1 N–H and O–H groups in total. The summed E-state index contributed by atoms with van der Waals surface area (Å²) in [4.78, 5) is 8.58. The van der Waals surface area contributed by atoms with Crippen LogP contribution >= 0.6 is 0 Å². The lowest BCUT2D eigenvalue weighted by Crippen LogP contribution is -2.10. The number of anilines is 1. The van der Waals surface area contributed by atoms with Gasteiger partial charge in [-0.15, -0.1) is 0 Å². The molecule has 92 valence electrons. The second kappa shape index (κ2) is 5.32. The van der Waals surface area contributed by atoms with Crippen molar-refractivity contribution in [2.24, 2.45) is 7.05 Å². The Hall–Kier alpha value is -2.35. The first-order chi connectivity index (χ1) is 8.69. The number of hydrogen-bond acceptors (Lipinski definition) is 4. The molecular formula is C13H15N5. The smallest absolute Gasteiger partial charge is 0.127 e. The van der Waals surface area contributed by atoms with Gasteiger partial charge in [-0.05, 0) is 19.1 Å². The van der Waals surface area contributed by atoms with Crippen molar-refractivity contribution in [1.29, 1.82) is 5.26 Å². The van der Waals surface area contributed by atoms with Crippen LogP contribution in [0.3, 0.4) is 0 Å². The molecule has 2 aromatic rings. The third kappa shape index (κ3) is 2.86. The third-order valence-electron chi connectivity index (χ3n) is 2.66. The molecule has 0 spiro atoms. The number of nitriles is 1. The van der Waals surface area contributed by atoms with Crippen LogP contribution in [0.25, 0.3) is 0 Å². The summed E-state index contributed by atoms with van der Waals surface area (Å²) in [5.41, 5.74) is 1.47. The van der Waals surface area contributed by atoms with E-state index in [-0.39, 0.29) is 0 Å². The van der Waals surface area contributed by atoms with Crippen molar-refractivity contribution in [2.45, 2.75) is 13.3 Å². The Balaban J connectivity index is 1.97. The van der Waals surface area contributed by atoms with Crippen LogP contribution in [-0.4, -0.2) is 21.1 Å². The molecule has 0 radical (unpaired) electrons. The van der Waals surface area contributed by atoms with Crippen molar-refractivity contribution in [3.05, 3.63) is 41.6 Å².